The number of nitrogens with one attached hydrogen (secondary N) is 1. The molecule has 30 heavy (non-hydrogen) atoms. The third kappa shape index (κ3) is 4.75. The number of ether oxygens (including phenoxy) is 1. The highest BCUT2D eigenvalue weighted by Gasteiger charge is 2.46. The van der Waals surface area contributed by atoms with Gasteiger partial charge in [-0.25, -0.2) is 4.98 Å². The maximum Gasteiger partial charge on any atom is 0.271 e. The average molecular weight is 413 g/mol. The predicted octanol–water partition coefficient (Wildman–Crippen LogP) is 3.52. The number of rotatable bonds is 4. The molecule has 1 aromatic heterocycles. The third-order valence-corrected chi connectivity index (χ3v) is 7.28. The van der Waals surface area contributed by atoms with Crippen molar-refractivity contribution in [3.63, 3.8) is 0 Å². The maximum absolute atomic E-state index is 12.8. The zero-order chi connectivity index (χ0) is 21.1. The molecule has 0 bridgehead atoms. The first-order valence-corrected chi connectivity index (χ1v) is 11.6. The van der Waals surface area contributed by atoms with Crippen LogP contribution in [0.2, 0.25) is 0 Å². The molecule has 1 saturated carbocycles. The second-order valence-corrected chi connectivity index (χ2v) is 9.63. The second kappa shape index (κ2) is 9.15. The first kappa shape index (κ1) is 21.4. The summed E-state index contributed by atoms with van der Waals surface area (Å²) in [6.07, 6.45) is 12.4. The van der Waals surface area contributed by atoms with Gasteiger partial charge in [0.15, 0.2) is 0 Å². The molecule has 164 valence electrons. The third-order valence-electron chi connectivity index (χ3n) is 7.28. The van der Waals surface area contributed by atoms with E-state index in [9.17, 15) is 4.79 Å². The summed E-state index contributed by atoms with van der Waals surface area (Å²) in [5.41, 5.74) is 2.45. The van der Waals surface area contributed by atoms with Gasteiger partial charge in [0.05, 0.1) is 24.5 Å². The number of aryl methyl sites for hydroxylation is 1. The minimum atomic E-state index is -0.284. The SMILES string of the molecule is CC1=CC(C)C(CN2CCOC3(CCCCC3NC(=O)c3cnc(C)cn3)C2)CC1. The van der Waals surface area contributed by atoms with E-state index in [0.717, 1.165) is 57.6 Å². The maximum atomic E-state index is 12.8. The van der Waals surface area contributed by atoms with Crippen LogP contribution in [0.1, 0.15) is 68.6 Å². The minimum absolute atomic E-state index is 0.0237. The molecule has 1 aromatic rings. The smallest absolute Gasteiger partial charge is 0.271 e. The number of amides is 1. The molecule has 4 rings (SSSR count). The lowest BCUT2D eigenvalue weighted by Crippen LogP contribution is -2.64. The fraction of sp³-hybridized carbons (Fsp3) is 0.708. The van der Waals surface area contributed by atoms with Crippen molar-refractivity contribution in [2.75, 3.05) is 26.2 Å². The molecule has 3 aliphatic rings. The molecule has 2 aliphatic carbocycles. The molecule has 2 heterocycles. The molecule has 6 nitrogen and oxygen atoms in total. The van der Waals surface area contributed by atoms with Crippen LogP contribution in [0.15, 0.2) is 24.0 Å². The molecule has 0 aromatic carbocycles. The zero-order valence-corrected chi connectivity index (χ0v) is 18.7. The van der Waals surface area contributed by atoms with Crippen molar-refractivity contribution in [1.82, 2.24) is 20.2 Å². The molecular weight excluding hydrogens is 376 g/mol. The Hall–Kier alpha value is -1.79. The minimum Gasteiger partial charge on any atom is -0.370 e. The molecule has 1 spiro atoms. The molecular formula is C24H36N4O2. The van der Waals surface area contributed by atoms with Gasteiger partial charge in [0.25, 0.3) is 5.91 Å². The Morgan fingerprint density at radius 3 is 2.90 bits per heavy atom. The number of hydrogen-bond acceptors (Lipinski definition) is 5. The van der Waals surface area contributed by atoms with Gasteiger partial charge < -0.3 is 10.1 Å². The van der Waals surface area contributed by atoms with Crippen LogP contribution >= 0.6 is 0 Å². The predicted molar refractivity (Wildman–Crippen MR) is 117 cm³/mol. The summed E-state index contributed by atoms with van der Waals surface area (Å²) in [5, 5.41) is 3.25. The highest BCUT2D eigenvalue weighted by Crippen LogP contribution is 2.36. The van der Waals surface area contributed by atoms with Gasteiger partial charge in [-0.15, -0.1) is 0 Å². The van der Waals surface area contributed by atoms with Gasteiger partial charge in [-0.05, 0) is 51.4 Å². The normalized spacial score (nSPS) is 32.6. The zero-order valence-electron chi connectivity index (χ0n) is 18.7. The summed E-state index contributed by atoms with van der Waals surface area (Å²) in [7, 11) is 0. The van der Waals surface area contributed by atoms with Gasteiger partial charge in [0, 0.05) is 25.8 Å². The van der Waals surface area contributed by atoms with Crippen LogP contribution in [0.5, 0.6) is 0 Å². The Morgan fingerprint density at radius 1 is 1.27 bits per heavy atom. The fourth-order valence-electron chi connectivity index (χ4n) is 5.49. The molecule has 0 radical (unpaired) electrons. The molecule has 4 unspecified atom stereocenters. The van der Waals surface area contributed by atoms with E-state index in [1.807, 2.05) is 6.92 Å². The summed E-state index contributed by atoms with van der Waals surface area (Å²) < 4.78 is 6.43. The van der Waals surface area contributed by atoms with Crippen molar-refractivity contribution >= 4 is 5.91 Å². The number of allylic oxidation sites excluding steroid dienone is 2. The Kier molecular flexibility index (Phi) is 6.54. The molecule has 2 fully saturated rings. The van der Waals surface area contributed by atoms with Crippen molar-refractivity contribution in [3.8, 4) is 0 Å². The average Bonchev–Trinajstić information content (AvgIpc) is 2.73. The molecule has 1 saturated heterocycles. The molecule has 4 atom stereocenters. The van der Waals surface area contributed by atoms with Crippen molar-refractivity contribution in [3.05, 3.63) is 35.4 Å². The fourth-order valence-corrected chi connectivity index (χ4v) is 5.49. The Balaban J connectivity index is 1.43. The summed E-state index contributed by atoms with van der Waals surface area (Å²) in [6.45, 7) is 10.2. The number of carbonyl (C=O) groups excluding carboxylic acids is 1. The van der Waals surface area contributed by atoms with E-state index in [-0.39, 0.29) is 17.6 Å². The topological polar surface area (TPSA) is 67.3 Å². The lowest BCUT2D eigenvalue weighted by Gasteiger charge is -2.50. The van der Waals surface area contributed by atoms with Crippen LogP contribution in [-0.2, 0) is 4.74 Å². The lowest BCUT2D eigenvalue weighted by molar-refractivity contribution is -0.144. The monoisotopic (exact) mass is 412 g/mol. The van der Waals surface area contributed by atoms with E-state index in [4.69, 9.17) is 4.74 Å². The van der Waals surface area contributed by atoms with Crippen LogP contribution in [0.4, 0.5) is 0 Å². The second-order valence-electron chi connectivity index (χ2n) is 9.63. The van der Waals surface area contributed by atoms with Gasteiger partial charge in [-0.1, -0.05) is 31.4 Å². The van der Waals surface area contributed by atoms with Crippen molar-refractivity contribution in [1.29, 1.82) is 0 Å². The van der Waals surface area contributed by atoms with E-state index in [0.29, 0.717) is 17.5 Å². The number of morpholine rings is 1. The molecule has 1 N–H and O–H groups in total. The van der Waals surface area contributed by atoms with Crippen molar-refractivity contribution < 1.29 is 9.53 Å². The molecule has 6 heteroatoms. The Bertz CT molecular complexity index is 774. The van der Waals surface area contributed by atoms with Crippen LogP contribution < -0.4 is 5.32 Å². The summed E-state index contributed by atoms with van der Waals surface area (Å²) in [4.78, 5) is 23.9. The van der Waals surface area contributed by atoms with E-state index in [1.165, 1.54) is 18.4 Å². The van der Waals surface area contributed by atoms with E-state index in [1.54, 1.807) is 12.4 Å². The number of aromatic nitrogens is 2. The Labute approximate surface area is 180 Å². The van der Waals surface area contributed by atoms with Crippen molar-refractivity contribution in [2.24, 2.45) is 11.8 Å². The van der Waals surface area contributed by atoms with E-state index in [2.05, 4.69) is 40.1 Å². The summed E-state index contributed by atoms with van der Waals surface area (Å²) in [5.74, 6) is 1.21. The molecule has 1 amide bonds. The number of carbonyl (C=O) groups is 1. The standard InChI is InChI=1S/C24H36N4O2/c1-17-7-8-20(18(2)12-17)15-28-10-11-30-24(16-28)9-5-4-6-22(24)27-23(29)21-14-25-19(3)13-26-21/h12-14,18,20,22H,4-11,15-16H2,1-3H3,(H,27,29). The van der Waals surface area contributed by atoms with Gasteiger partial charge >= 0.3 is 0 Å². The van der Waals surface area contributed by atoms with Crippen LogP contribution in [-0.4, -0.2) is 58.7 Å². The van der Waals surface area contributed by atoms with Crippen LogP contribution in [0.3, 0.4) is 0 Å². The van der Waals surface area contributed by atoms with E-state index < -0.39 is 0 Å². The van der Waals surface area contributed by atoms with Gasteiger partial charge in [0.1, 0.15) is 11.3 Å². The largest absolute Gasteiger partial charge is 0.370 e. The first-order chi connectivity index (χ1) is 14.4. The molecule has 1 aliphatic heterocycles. The van der Waals surface area contributed by atoms with Crippen LogP contribution in [0.25, 0.3) is 0 Å². The Morgan fingerprint density at radius 2 is 2.13 bits per heavy atom. The highest BCUT2D eigenvalue weighted by atomic mass is 16.5. The lowest BCUT2D eigenvalue weighted by atomic mass is 9.77. The quantitative estimate of drug-likeness (QED) is 0.767. The van der Waals surface area contributed by atoms with Gasteiger partial charge in [0.2, 0.25) is 0 Å². The van der Waals surface area contributed by atoms with Crippen molar-refractivity contribution in [2.45, 2.75) is 70.9 Å². The highest BCUT2D eigenvalue weighted by molar-refractivity contribution is 5.92. The van der Waals surface area contributed by atoms with Gasteiger partial charge in [-0.2, -0.15) is 0 Å². The number of hydrogen-bond donors (Lipinski definition) is 1. The first-order valence-electron chi connectivity index (χ1n) is 11.6. The summed E-state index contributed by atoms with van der Waals surface area (Å²) in [6, 6.07) is 0.0237. The van der Waals surface area contributed by atoms with Gasteiger partial charge in [-0.3, -0.25) is 14.7 Å². The number of nitrogens with zero attached hydrogens (tertiary/aromatic N) is 3. The van der Waals surface area contributed by atoms with Crippen LogP contribution in [0, 0.1) is 18.8 Å². The van der Waals surface area contributed by atoms with E-state index >= 15 is 0 Å². The summed E-state index contributed by atoms with van der Waals surface area (Å²) >= 11 is 0.